The van der Waals surface area contributed by atoms with Crippen LogP contribution in [0.4, 0.5) is 4.79 Å². The van der Waals surface area contributed by atoms with Gasteiger partial charge in [0.25, 0.3) is 0 Å². The molecule has 1 aromatic carbocycles. The lowest BCUT2D eigenvalue weighted by Crippen LogP contribution is -2.40. The van der Waals surface area contributed by atoms with Gasteiger partial charge in [-0.15, -0.1) is 0 Å². The number of aryl methyl sites for hydroxylation is 2. The van der Waals surface area contributed by atoms with E-state index in [9.17, 15) is 13.2 Å². The molecule has 0 spiro atoms. The molecule has 0 aliphatic carbocycles. The summed E-state index contributed by atoms with van der Waals surface area (Å²) < 4.78 is 36.9. The second kappa shape index (κ2) is 22.8. The molecule has 0 bridgehead atoms. The molecule has 3 rings (SSSR count). The minimum atomic E-state index is -3.82. The first kappa shape index (κ1) is 41.4. The highest BCUT2D eigenvalue weighted by atomic mass is 32.2. The standard InChI is InChI=1S/C40H65N5O4S/c1-6-7-8-9-10-11-12-13-14-15-16-17-18-19-20-21-27-42-40(46)49-31-35(29-32(2)3)44-50(47,48)36-24-22-34(23-25-36)30-37-39-38(26-28-41-37)45(5)33(4)43-39/h22-26,28,32,35,44H,6-21,27,29-31H2,1-5H3,(H,42,46)/t35-/m0/s1. The molecule has 1 amide bonds. The Morgan fingerprint density at radius 3 is 1.96 bits per heavy atom. The third-order valence-corrected chi connectivity index (χ3v) is 11.0. The van der Waals surface area contributed by atoms with Crippen LogP contribution in [0.25, 0.3) is 11.0 Å². The van der Waals surface area contributed by atoms with Crippen molar-refractivity contribution in [2.45, 2.75) is 154 Å². The average Bonchev–Trinajstić information content (AvgIpc) is 3.38. The minimum absolute atomic E-state index is 0.0283. The van der Waals surface area contributed by atoms with Crippen molar-refractivity contribution in [3.63, 3.8) is 0 Å². The largest absolute Gasteiger partial charge is 0.448 e. The van der Waals surface area contributed by atoms with Crippen LogP contribution < -0.4 is 10.0 Å². The van der Waals surface area contributed by atoms with Gasteiger partial charge in [-0.25, -0.2) is 22.9 Å². The van der Waals surface area contributed by atoms with Crippen molar-refractivity contribution in [3.8, 4) is 0 Å². The van der Waals surface area contributed by atoms with E-state index in [2.05, 4.69) is 26.9 Å². The van der Waals surface area contributed by atoms with Crippen molar-refractivity contribution in [3.05, 3.63) is 53.6 Å². The molecule has 9 nitrogen and oxygen atoms in total. The van der Waals surface area contributed by atoms with Crippen LogP contribution in [-0.4, -0.2) is 48.2 Å². The van der Waals surface area contributed by atoms with Gasteiger partial charge in [0.1, 0.15) is 17.9 Å². The van der Waals surface area contributed by atoms with Crippen molar-refractivity contribution < 1.29 is 17.9 Å². The second-order valence-corrected chi connectivity index (χ2v) is 16.2. The smallest absolute Gasteiger partial charge is 0.407 e. The molecule has 0 fully saturated rings. The van der Waals surface area contributed by atoms with Gasteiger partial charge in [0.2, 0.25) is 10.0 Å². The van der Waals surface area contributed by atoms with Crippen LogP contribution >= 0.6 is 0 Å². The molecule has 50 heavy (non-hydrogen) atoms. The van der Waals surface area contributed by atoms with Crippen LogP contribution in [0.3, 0.4) is 0 Å². The summed E-state index contributed by atoms with van der Waals surface area (Å²) in [6, 6.07) is 8.26. The van der Waals surface area contributed by atoms with Gasteiger partial charge in [-0.3, -0.25) is 4.98 Å². The van der Waals surface area contributed by atoms with Gasteiger partial charge in [-0.05, 0) is 49.4 Å². The van der Waals surface area contributed by atoms with E-state index in [1.165, 1.54) is 89.9 Å². The molecule has 2 aromatic heterocycles. The van der Waals surface area contributed by atoms with E-state index < -0.39 is 22.2 Å². The van der Waals surface area contributed by atoms with Crippen molar-refractivity contribution in [2.24, 2.45) is 13.0 Å². The molecule has 2 N–H and O–H groups in total. The number of carbonyl (C=O) groups excluding carboxylic acids is 1. The van der Waals surface area contributed by atoms with Crippen molar-refractivity contribution in [2.75, 3.05) is 13.2 Å². The van der Waals surface area contributed by atoms with Crippen LogP contribution in [0, 0.1) is 12.8 Å². The third-order valence-electron chi connectivity index (χ3n) is 9.50. The lowest BCUT2D eigenvalue weighted by molar-refractivity contribution is 0.133. The molecular formula is C40H65N5O4S. The van der Waals surface area contributed by atoms with Gasteiger partial charge in [0.15, 0.2) is 0 Å². The van der Waals surface area contributed by atoms with E-state index in [4.69, 9.17) is 4.74 Å². The first-order chi connectivity index (χ1) is 24.1. The maximum Gasteiger partial charge on any atom is 0.407 e. The number of hydrogen-bond acceptors (Lipinski definition) is 6. The predicted octanol–water partition coefficient (Wildman–Crippen LogP) is 9.55. The lowest BCUT2D eigenvalue weighted by atomic mass is 10.0. The summed E-state index contributed by atoms with van der Waals surface area (Å²) in [5.41, 5.74) is 3.66. The number of nitrogens with one attached hydrogen (secondary N) is 2. The number of unbranched alkanes of at least 4 members (excludes halogenated alkanes) is 15. The number of imidazole rings is 1. The first-order valence-corrected chi connectivity index (χ1v) is 20.9. The topological polar surface area (TPSA) is 115 Å². The Kier molecular flexibility index (Phi) is 18.9. The van der Waals surface area contributed by atoms with Crippen LogP contribution in [0.1, 0.15) is 147 Å². The van der Waals surface area contributed by atoms with Gasteiger partial charge < -0.3 is 14.6 Å². The highest BCUT2D eigenvalue weighted by Crippen LogP contribution is 2.21. The summed E-state index contributed by atoms with van der Waals surface area (Å²) in [5, 5.41) is 2.83. The Hall–Kier alpha value is -2.98. The van der Waals surface area contributed by atoms with E-state index in [-0.39, 0.29) is 17.4 Å². The zero-order valence-corrected chi connectivity index (χ0v) is 32.5. The fraction of sp³-hybridized carbons (Fsp3) is 0.675. The minimum Gasteiger partial charge on any atom is -0.448 e. The summed E-state index contributed by atoms with van der Waals surface area (Å²) in [4.78, 5) is 21.8. The summed E-state index contributed by atoms with van der Waals surface area (Å²) in [7, 11) is -1.84. The summed E-state index contributed by atoms with van der Waals surface area (Å²) >= 11 is 0. The highest BCUT2D eigenvalue weighted by molar-refractivity contribution is 7.89. The van der Waals surface area contributed by atoms with Gasteiger partial charge in [0, 0.05) is 26.2 Å². The number of nitrogens with zero attached hydrogens (tertiary/aromatic N) is 3. The average molecular weight is 712 g/mol. The number of fused-ring (bicyclic) bond motifs is 1. The monoisotopic (exact) mass is 711 g/mol. The molecule has 0 unspecified atom stereocenters. The second-order valence-electron chi connectivity index (χ2n) is 14.4. The number of sulfonamides is 1. The fourth-order valence-electron chi connectivity index (χ4n) is 6.50. The van der Waals surface area contributed by atoms with Gasteiger partial charge in [-0.1, -0.05) is 129 Å². The number of ether oxygens (including phenoxy) is 1. The SMILES string of the molecule is CCCCCCCCCCCCCCCCCCNC(=O)OC[C@H](CC(C)C)NS(=O)(=O)c1ccc(Cc2nccc3c2nc(C)n3C)cc1. The van der Waals surface area contributed by atoms with Gasteiger partial charge >= 0.3 is 6.09 Å². The maximum atomic E-state index is 13.3. The molecule has 0 saturated heterocycles. The molecule has 3 aromatic rings. The number of carbonyl (C=O) groups is 1. The number of alkyl carbamates (subject to hydrolysis) is 1. The number of aromatic nitrogens is 3. The maximum absolute atomic E-state index is 13.3. The molecule has 280 valence electrons. The summed E-state index contributed by atoms with van der Waals surface area (Å²) in [6.07, 6.45) is 23.3. The molecule has 0 aliphatic heterocycles. The van der Waals surface area contributed by atoms with E-state index in [1.807, 2.05) is 50.6 Å². The number of hydrogen-bond donors (Lipinski definition) is 2. The lowest BCUT2D eigenvalue weighted by Gasteiger charge is -2.21. The van der Waals surface area contributed by atoms with Crippen molar-refractivity contribution in [1.29, 1.82) is 0 Å². The molecule has 1 atom stereocenters. The Balaban J connectivity index is 1.31. The van der Waals surface area contributed by atoms with E-state index in [1.54, 1.807) is 18.3 Å². The van der Waals surface area contributed by atoms with Crippen molar-refractivity contribution in [1.82, 2.24) is 24.6 Å². The zero-order valence-electron chi connectivity index (χ0n) is 31.6. The zero-order chi connectivity index (χ0) is 36.2. The quantitative estimate of drug-likeness (QED) is 0.0802. The summed E-state index contributed by atoms with van der Waals surface area (Å²) in [5.74, 6) is 1.13. The van der Waals surface area contributed by atoms with Crippen LogP contribution in [0.2, 0.25) is 0 Å². The molecular weight excluding hydrogens is 647 g/mol. The third kappa shape index (κ3) is 15.1. The van der Waals surface area contributed by atoms with Crippen LogP contribution in [-0.2, 0) is 28.2 Å². The number of benzene rings is 1. The Morgan fingerprint density at radius 1 is 0.840 bits per heavy atom. The normalized spacial score (nSPS) is 12.5. The fourth-order valence-corrected chi connectivity index (χ4v) is 7.73. The van der Waals surface area contributed by atoms with E-state index in [0.29, 0.717) is 19.4 Å². The van der Waals surface area contributed by atoms with Gasteiger partial charge in [0.05, 0.1) is 22.1 Å². The Bertz CT molecular complexity index is 1500. The molecule has 10 heteroatoms. The van der Waals surface area contributed by atoms with Gasteiger partial charge in [-0.2, -0.15) is 0 Å². The van der Waals surface area contributed by atoms with E-state index in [0.717, 1.165) is 41.0 Å². The number of amides is 1. The number of rotatable bonds is 26. The van der Waals surface area contributed by atoms with Crippen LogP contribution in [0.15, 0.2) is 41.4 Å². The summed E-state index contributed by atoms with van der Waals surface area (Å²) in [6.45, 7) is 8.81. The van der Waals surface area contributed by atoms with E-state index >= 15 is 0 Å². The van der Waals surface area contributed by atoms with Crippen molar-refractivity contribution >= 4 is 27.1 Å². The molecule has 0 radical (unpaired) electrons. The molecule has 0 aliphatic rings. The van der Waals surface area contributed by atoms with Crippen LogP contribution in [0.5, 0.6) is 0 Å². The Morgan fingerprint density at radius 2 is 1.40 bits per heavy atom. The molecule has 2 heterocycles. The molecule has 0 saturated carbocycles. The highest BCUT2D eigenvalue weighted by Gasteiger charge is 2.23. The number of pyridine rings is 1. The first-order valence-electron chi connectivity index (χ1n) is 19.4. The predicted molar refractivity (Wildman–Crippen MR) is 205 cm³/mol. The Labute approximate surface area is 302 Å².